The number of ketones is 2. The van der Waals surface area contributed by atoms with Crippen molar-refractivity contribution in [2.24, 2.45) is 17.8 Å². The van der Waals surface area contributed by atoms with Crippen LogP contribution in [-0.4, -0.2) is 291 Å². The lowest BCUT2D eigenvalue weighted by Gasteiger charge is -2.44. The van der Waals surface area contributed by atoms with Gasteiger partial charge in [-0.1, -0.05) is 138 Å². The van der Waals surface area contributed by atoms with Crippen LogP contribution in [0.25, 0.3) is 0 Å². The number of thioether (sulfide) groups is 1. The highest BCUT2D eigenvalue weighted by molar-refractivity contribution is 7.99. The van der Waals surface area contributed by atoms with Crippen molar-refractivity contribution in [1.82, 2.24) is 61.1 Å². The van der Waals surface area contributed by atoms with Gasteiger partial charge in [0.15, 0.2) is 17.4 Å². The molecule has 9 heterocycles. The Kier molecular flexibility index (Phi) is 35.9. The first kappa shape index (κ1) is 97.9. The number of hydrogen-bond acceptors (Lipinski definition) is 27. The van der Waals surface area contributed by atoms with Crippen LogP contribution >= 0.6 is 11.8 Å². The highest BCUT2D eigenvalue weighted by Gasteiger charge is 2.51. The Morgan fingerprint density at radius 2 is 1.48 bits per heavy atom. The SMILES string of the molecule is CC1=CC(O)CC(=O)Cc2nc(co2)C(=O)N2CCC=C2C(=O)OC(C(C)C)C(C)/C=C\C(=O)NCC=C1.CCC1NC(=O)C(NC(=O)c2ncccc2O)C(C)OC(=O)C(c2ccccc2)NC(=O)C2CC(=O)CCN2C(=O)C(Cc2ccccc2)N(C)C(=O)C2CCCN2C1=O.CCC[C@@H]1CC(C(=O)N[C@@H]([C@H]2O[C@H](SC)[C@H](O)[C@@H](O)[C@H]2O)[C@@H](C)O)N(C)C1. The van der Waals surface area contributed by atoms with Gasteiger partial charge in [-0.25, -0.2) is 19.6 Å². The number of esters is 2. The summed E-state index contributed by atoms with van der Waals surface area (Å²) in [7, 11) is 3.38. The highest BCUT2D eigenvalue weighted by atomic mass is 32.2. The number of rotatable bonds is 14. The molecule has 9 amide bonds. The number of aliphatic hydroxyl groups is 5. The van der Waals surface area contributed by atoms with Crippen LogP contribution in [0.4, 0.5) is 0 Å². The summed E-state index contributed by atoms with van der Waals surface area (Å²) in [4.78, 5) is 192. The molecule has 7 aliphatic rings. The van der Waals surface area contributed by atoms with Gasteiger partial charge >= 0.3 is 11.9 Å². The number of aliphatic hydroxyl groups excluding tert-OH is 5. The molecule has 35 nitrogen and oxygen atoms in total. The summed E-state index contributed by atoms with van der Waals surface area (Å²) in [5.74, 6) is -8.12. The van der Waals surface area contributed by atoms with Crippen LogP contribution in [0.2, 0.25) is 0 Å². The van der Waals surface area contributed by atoms with Gasteiger partial charge in [-0.3, -0.25) is 57.6 Å². The first-order valence-electron chi connectivity index (χ1n) is 42.4. The number of cyclic esters (lactones) is 2. The molecular weight excluding hydrogens is 1640 g/mol. The van der Waals surface area contributed by atoms with Crippen molar-refractivity contribution in [2.75, 3.05) is 53.1 Å². The van der Waals surface area contributed by atoms with E-state index in [9.17, 15) is 93.0 Å². The number of likely N-dealkylation sites (N-methyl/N-ethyl adjacent to an activating group) is 2. The van der Waals surface area contributed by atoms with E-state index in [2.05, 4.69) is 43.5 Å². The zero-order valence-corrected chi connectivity index (χ0v) is 73.1. The largest absolute Gasteiger partial charge is 0.505 e. The number of oxazole rings is 1. The maximum absolute atomic E-state index is 14.8. The number of pyridine rings is 1. The van der Waals surface area contributed by atoms with E-state index in [1.54, 1.807) is 105 Å². The summed E-state index contributed by atoms with van der Waals surface area (Å²) in [6.45, 7) is 15.5. The summed E-state index contributed by atoms with van der Waals surface area (Å²) in [6.07, 6.45) is 8.22. The summed E-state index contributed by atoms with van der Waals surface area (Å²) in [5, 5.41) is 74.7. The molecule has 19 atom stereocenters. The van der Waals surface area contributed by atoms with Crippen molar-refractivity contribution in [3.05, 3.63) is 161 Å². The Morgan fingerprint density at radius 1 is 0.776 bits per heavy atom. The molecule has 678 valence electrons. The number of piperidine rings is 1. The monoisotopic (exact) mass is 1750 g/mol. The van der Waals surface area contributed by atoms with E-state index in [1.165, 1.54) is 76.7 Å². The molecule has 11 unspecified atom stereocenters. The molecule has 0 spiro atoms. The molecule has 0 radical (unpaired) electrons. The van der Waals surface area contributed by atoms with Gasteiger partial charge in [0.1, 0.15) is 102 Å². The van der Waals surface area contributed by atoms with Gasteiger partial charge in [-0.05, 0) is 114 Å². The topological polar surface area (TPSA) is 486 Å². The summed E-state index contributed by atoms with van der Waals surface area (Å²) >= 11 is 1.20. The molecular formula is C89H118N12O23S. The molecule has 4 aromatic rings. The standard InChI is InChI=1S/C43H49N7O10.C28H35N3O7.C18H34N2O6S/c1-4-29-40(56)49-21-12-17-30(49)41(57)48(3)32(23-26-13-7-5-8-14-26)42(58)50-22-19-28(51)24-31(50)37(53)47-35(27-15-9-6-10-16-27)43(59)60-25(2)34(38(54)45-29)46-39(55)36-33(52)18-11-20-44-36;1-17(2)26-19(4)9-10-24(34)29-11-5-7-18(3)13-20(32)14-21(33)15-25-30-22(16-37-25)27(35)31-12-6-8-23(31)28(36)38-26;1-5-6-10-7-11(20(3)8-10)17(25)19-12(9(2)21)16-14(23)13(22)15(24)18(26-16)27-4/h5-11,13-16,18,20,25,29-32,34-35,52H,4,12,17,19,21-24H2,1-3H3,(H,45,54)(H,46,55)(H,47,53);5,7-10,13,16-17,19-20,26,32H,6,11-12,14-15H2,1-4H3,(H,29,34);9-16,18,21-24H,5-8H2,1-4H3,(H,19,25)/b;7-5?,10-9-,18-13?;/t;;9-,10-,11?,12-,13+,14-,15-,16-,18-/m..1/s1. The third kappa shape index (κ3) is 25.7. The fourth-order valence-corrected chi connectivity index (χ4v) is 17.0. The maximum Gasteiger partial charge on any atom is 0.355 e. The molecule has 2 aromatic heterocycles. The van der Waals surface area contributed by atoms with E-state index in [1.807, 2.05) is 38.8 Å². The number of nitrogens with one attached hydrogen (secondary N) is 5. The van der Waals surface area contributed by atoms with E-state index in [4.69, 9.17) is 18.6 Å². The first-order chi connectivity index (χ1) is 59.5. The Morgan fingerprint density at radius 3 is 2.15 bits per heavy atom. The predicted molar refractivity (Wildman–Crippen MR) is 455 cm³/mol. The minimum Gasteiger partial charge on any atom is -0.505 e. The zero-order chi connectivity index (χ0) is 91.2. The number of allylic oxidation sites excluding steroid dienone is 2. The molecule has 0 saturated carbocycles. The number of aromatic hydroxyl groups is 1. The predicted octanol–water partition coefficient (Wildman–Crippen LogP) is 3.01. The second-order valence-electron chi connectivity index (χ2n) is 32.8. The normalized spacial score (nSPS) is 28.9. The van der Waals surface area contributed by atoms with Crippen molar-refractivity contribution in [3.8, 4) is 5.75 Å². The molecule has 5 saturated heterocycles. The Hall–Kier alpha value is -10.9. The zero-order valence-electron chi connectivity index (χ0n) is 72.3. The Bertz CT molecular complexity index is 4600. The average Bonchev–Trinajstić information content (AvgIpc) is 1.65. The van der Waals surface area contributed by atoms with E-state index < -0.39 is 161 Å². The molecule has 7 aliphatic heterocycles. The number of likely N-dealkylation sites (tertiary alicyclic amines) is 1. The molecule has 125 heavy (non-hydrogen) atoms. The summed E-state index contributed by atoms with van der Waals surface area (Å²) in [6, 6.07) is 10.5. The number of amides is 9. The molecule has 2 aromatic carbocycles. The van der Waals surface area contributed by atoms with E-state index in [-0.39, 0.29) is 135 Å². The van der Waals surface area contributed by atoms with Crippen molar-refractivity contribution < 1.29 is 112 Å². The van der Waals surface area contributed by atoms with Gasteiger partial charge in [0, 0.05) is 77.6 Å². The van der Waals surface area contributed by atoms with Crippen LogP contribution in [-0.2, 0) is 79.8 Å². The number of hydrogen-bond donors (Lipinski definition) is 11. The second-order valence-corrected chi connectivity index (χ2v) is 33.7. The third-order valence-electron chi connectivity index (χ3n) is 23.1. The number of carbonyl (C=O) groups excluding carboxylic acids is 13. The Balaban J connectivity index is 0.000000232. The van der Waals surface area contributed by atoms with Crippen LogP contribution in [0, 0.1) is 17.8 Å². The number of carbonyl (C=O) groups is 13. The van der Waals surface area contributed by atoms with Crippen LogP contribution in [0.1, 0.15) is 164 Å². The van der Waals surface area contributed by atoms with Crippen molar-refractivity contribution in [1.29, 1.82) is 0 Å². The third-order valence-corrected chi connectivity index (χ3v) is 23.9. The van der Waals surface area contributed by atoms with Gasteiger partial charge in [-0.2, -0.15) is 0 Å². The summed E-state index contributed by atoms with van der Waals surface area (Å²) in [5.41, 5.74) is 0.614. The van der Waals surface area contributed by atoms with Crippen LogP contribution in [0.5, 0.6) is 5.75 Å². The molecule has 0 aliphatic carbocycles. The van der Waals surface area contributed by atoms with Gasteiger partial charge < -0.3 is 95.5 Å². The van der Waals surface area contributed by atoms with E-state index in [0.717, 1.165) is 43.2 Å². The van der Waals surface area contributed by atoms with Gasteiger partial charge in [0.25, 0.3) is 11.8 Å². The molecule has 2 bridgehead atoms. The van der Waals surface area contributed by atoms with E-state index >= 15 is 0 Å². The van der Waals surface area contributed by atoms with Crippen LogP contribution in [0.3, 0.4) is 0 Å². The average molecular weight is 1760 g/mol. The molecule has 11 N–H and O–H groups in total. The maximum atomic E-state index is 14.8. The van der Waals surface area contributed by atoms with Crippen molar-refractivity contribution in [2.45, 2.75) is 235 Å². The fourth-order valence-electron chi connectivity index (χ4n) is 16.3. The molecule has 5 fully saturated rings. The fraction of sp³-hybridized carbons (Fsp3) is 0.539. The molecule has 11 rings (SSSR count). The number of aromatic nitrogens is 2. The number of Topliss-reactive ketones (excluding diaryl/α,β-unsaturated/α-hetero) is 2. The first-order valence-corrected chi connectivity index (χ1v) is 43.7. The minimum atomic E-state index is -1.68. The van der Waals surface area contributed by atoms with E-state index in [0.29, 0.717) is 18.8 Å². The van der Waals surface area contributed by atoms with Crippen LogP contribution in [0.15, 0.2) is 137 Å². The lowest BCUT2D eigenvalue weighted by Crippen LogP contribution is -2.65. The smallest absolute Gasteiger partial charge is 0.355 e. The number of ether oxygens (including phenoxy) is 3. The summed E-state index contributed by atoms with van der Waals surface area (Å²) < 4.78 is 22.7. The van der Waals surface area contributed by atoms with Gasteiger partial charge in [0.2, 0.25) is 47.2 Å². The lowest BCUT2D eigenvalue weighted by molar-refractivity contribution is -0.211. The Labute approximate surface area is 730 Å². The highest BCUT2D eigenvalue weighted by Crippen LogP contribution is 2.34. The number of fused-ring (bicyclic) bond motifs is 5. The van der Waals surface area contributed by atoms with Crippen LogP contribution < -0.4 is 26.6 Å². The number of benzene rings is 2. The lowest BCUT2D eigenvalue weighted by atomic mass is 9.92. The van der Waals surface area contributed by atoms with Crippen molar-refractivity contribution in [3.63, 3.8) is 0 Å². The number of nitrogens with zero attached hydrogens (tertiary/aromatic N) is 7. The quantitative estimate of drug-likeness (QED) is 0.0808. The van der Waals surface area contributed by atoms with Crippen molar-refractivity contribution >= 4 is 88.4 Å². The van der Waals surface area contributed by atoms with Gasteiger partial charge in [-0.15, -0.1) is 11.8 Å². The molecule has 36 heteroatoms. The second kappa shape index (κ2) is 45.9. The minimum absolute atomic E-state index is 0.0315. The van der Waals surface area contributed by atoms with Gasteiger partial charge in [0.05, 0.1) is 30.7 Å².